The summed E-state index contributed by atoms with van der Waals surface area (Å²) in [5.41, 5.74) is 0.00174. The predicted octanol–water partition coefficient (Wildman–Crippen LogP) is -0.316. The van der Waals surface area contributed by atoms with Crippen molar-refractivity contribution in [1.82, 2.24) is 5.32 Å². The quantitative estimate of drug-likeness (QED) is 0.384. The van der Waals surface area contributed by atoms with Crippen molar-refractivity contribution in [3.05, 3.63) is 0 Å². The van der Waals surface area contributed by atoms with E-state index in [1.807, 2.05) is 0 Å². The molecule has 3 heteroatoms. The molecule has 2 unspecified atom stereocenters. The van der Waals surface area contributed by atoms with E-state index in [0.29, 0.717) is 5.92 Å². The lowest BCUT2D eigenvalue weighted by Gasteiger charge is -1.98. The van der Waals surface area contributed by atoms with Crippen LogP contribution >= 0.6 is 0 Å². The zero-order valence-electron chi connectivity index (χ0n) is 5.05. The third-order valence-corrected chi connectivity index (χ3v) is 2.29. The highest BCUT2D eigenvalue weighted by Gasteiger charge is 2.57. The third-order valence-electron chi connectivity index (χ3n) is 2.29. The molecule has 2 rings (SSSR count). The Labute approximate surface area is 53.2 Å². The second kappa shape index (κ2) is 1.43. The van der Waals surface area contributed by atoms with Crippen LogP contribution in [0.15, 0.2) is 4.99 Å². The van der Waals surface area contributed by atoms with Crippen molar-refractivity contribution >= 4 is 6.08 Å². The summed E-state index contributed by atoms with van der Waals surface area (Å²) in [5.74, 6) is 0.638. The van der Waals surface area contributed by atoms with Crippen LogP contribution in [-0.2, 0) is 4.79 Å². The van der Waals surface area contributed by atoms with Gasteiger partial charge in [-0.05, 0) is 6.42 Å². The number of aliphatic imine (C=N–C) groups is 1. The molecule has 0 aromatic heterocycles. The van der Waals surface area contributed by atoms with Crippen LogP contribution < -0.4 is 5.32 Å². The number of rotatable bonds is 1. The highest BCUT2D eigenvalue weighted by atomic mass is 16.1. The molecule has 0 spiro atoms. The molecule has 1 aliphatic heterocycles. The van der Waals surface area contributed by atoms with Gasteiger partial charge in [-0.15, -0.1) is 0 Å². The fourth-order valence-corrected chi connectivity index (χ4v) is 1.58. The van der Waals surface area contributed by atoms with Gasteiger partial charge in [0, 0.05) is 19.0 Å². The van der Waals surface area contributed by atoms with Gasteiger partial charge in [0.2, 0.25) is 6.08 Å². The lowest BCUT2D eigenvalue weighted by atomic mass is 10.3. The molecule has 1 aliphatic carbocycles. The molecule has 2 fully saturated rings. The third kappa shape index (κ3) is 0.560. The molecule has 0 bridgehead atoms. The number of carbonyl (C=O) groups excluding carboxylic acids is 1. The van der Waals surface area contributed by atoms with Crippen molar-refractivity contribution in [2.24, 2.45) is 10.9 Å². The lowest BCUT2D eigenvalue weighted by Crippen LogP contribution is -2.18. The van der Waals surface area contributed by atoms with Crippen LogP contribution in [0, 0.1) is 5.92 Å². The zero-order chi connectivity index (χ0) is 6.32. The van der Waals surface area contributed by atoms with E-state index >= 15 is 0 Å². The Morgan fingerprint density at radius 1 is 1.78 bits per heavy atom. The van der Waals surface area contributed by atoms with E-state index < -0.39 is 0 Å². The van der Waals surface area contributed by atoms with Crippen LogP contribution in [0.1, 0.15) is 6.42 Å². The maximum absolute atomic E-state index is 9.87. The summed E-state index contributed by atoms with van der Waals surface area (Å²) in [5, 5.41) is 3.17. The first-order chi connectivity index (χ1) is 4.37. The van der Waals surface area contributed by atoms with E-state index in [2.05, 4.69) is 10.3 Å². The van der Waals surface area contributed by atoms with Crippen molar-refractivity contribution in [3.63, 3.8) is 0 Å². The molecule has 48 valence electrons. The molecule has 1 saturated carbocycles. The Morgan fingerprint density at radius 3 is 3.11 bits per heavy atom. The summed E-state index contributed by atoms with van der Waals surface area (Å²) in [6.45, 7) is 1.91. The standard InChI is InChI=1S/C6H8N2O/c9-4-8-6-1-5(6)2-7-3-6/h5,7H,1-3H2. The Bertz CT molecular complexity index is 185. The molecule has 1 N–H and O–H groups in total. The Hall–Kier alpha value is -0.660. The topological polar surface area (TPSA) is 41.5 Å². The molecule has 1 saturated heterocycles. The number of nitrogens with zero attached hydrogens (tertiary/aromatic N) is 1. The minimum absolute atomic E-state index is 0.00174. The summed E-state index contributed by atoms with van der Waals surface area (Å²) in [4.78, 5) is 13.6. The van der Waals surface area contributed by atoms with E-state index in [0.717, 1.165) is 19.5 Å². The number of fused-ring (bicyclic) bond motifs is 1. The largest absolute Gasteiger partial charge is 0.314 e. The second-order valence-electron chi connectivity index (χ2n) is 2.84. The van der Waals surface area contributed by atoms with E-state index in [1.54, 1.807) is 6.08 Å². The van der Waals surface area contributed by atoms with Gasteiger partial charge in [0.05, 0.1) is 5.54 Å². The lowest BCUT2D eigenvalue weighted by molar-refractivity contribution is 0.554. The van der Waals surface area contributed by atoms with Crippen LogP contribution in [0.5, 0.6) is 0 Å². The maximum atomic E-state index is 9.87. The summed E-state index contributed by atoms with van der Waals surface area (Å²) < 4.78 is 0. The number of hydrogen-bond acceptors (Lipinski definition) is 3. The summed E-state index contributed by atoms with van der Waals surface area (Å²) in [6, 6.07) is 0. The Balaban J connectivity index is 2.19. The molecule has 0 aromatic rings. The van der Waals surface area contributed by atoms with Crippen LogP contribution in [0.3, 0.4) is 0 Å². The number of isocyanates is 1. The highest BCUT2D eigenvalue weighted by molar-refractivity contribution is 5.38. The average molecular weight is 124 g/mol. The molecule has 3 nitrogen and oxygen atoms in total. The minimum atomic E-state index is 0.00174. The van der Waals surface area contributed by atoms with Gasteiger partial charge in [-0.1, -0.05) is 0 Å². The number of nitrogens with one attached hydrogen (secondary N) is 1. The normalized spacial score (nSPS) is 45.6. The summed E-state index contributed by atoms with van der Waals surface area (Å²) in [6.07, 6.45) is 2.72. The smallest absolute Gasteiger partial charge is 0.235 e. The first-order valence-corrected chi connectivity index (χ1v) is 3.17. The molecule has 0 aromatic carbocycles. The van der Waals surface area contributed by atoms with Crippen molar-refractivity contribution in [3.8, 4) is 0 Å². The average Bonchev–Trinajstić information content (AvgIpc) is 2.37. The van der Waals surface area contributed by atoms with Crippen molar-refractivity contribution < 1.29 is 4.79 Å². The van der Waals surface area contributed by atoms with E-state index in [1.165, 1.54) is 0 Å². The first-order valence-electron chi connectivity index (χ1n) is 3.17. The number of hydrogen-bond donors (Lipinski definition) is 1. The molecule has 0 amide bonds. The van der Waals surface area contributed by atoms with Gasteiger partial charge in [0.15, 0.2) is 0 Å². The van der Waals surface area contributed by atoms with Crippen LogP contribution in [0.2, 0.25) is 0 Å². The molecule has 0 radical (unpaired) electrons. The van der Waals surface area contributed by atoms with E-state index in [9.17, 15) is 4.79 Å². The molecule has 2 atom stereocenters. The highest BCUT2D eigenvalue weighted by Crippen LogP contribution is 2.49. The fourth-order valence-electron chi connectivity index (χ4n) is 1.58. The SMILES string of the molecule is O=C=NC12CNCC1C2. The van der Waals surface area contributed by atoms with Crippen LogP contribution in [0.4, 0.5) is 0 Å². The predicted molar refractivity (Wildman–Crippen MR) is 31.8 cm³/mol. The first kappa shape index (κ1) is 5.15. The molecule has 1 heterocycles. The molecular weight excluding hydrogens is 116 g/mol. The molecule has 9 heavy (non-hydrogen) atoms. The van der Waals surface area contributed by atoms with Gasteiger partial charge in [-0.25, -0.2) is 4.79 Å². The van der Waals surface area contributed by atoms with Gasteiger partial charge < -0.3 is 5.32 Å². The minimum Gasteiger partial charge on any atom is -0.314 e. The van der Waals surface area contributed by atoms with E-state index in [-0.39, 0.29) is 5.54 Å². The van der Waals surface area contributed by atoms with Crippen LogP contribution in [-0.4, -0.2) is 24.7 Å². The van der Waals surface area contributed by atoms with Crippen molar-refractivity contribution in [2.45, 2.75) is 12.0 Å². The monoisotopic (exact) mass is 124 g/mol. The van der Waals surface area contributed by atoms with Crippen molar-refractivity contribution in [1.29, 1.82) is 0 Å². The Morgan fingerprint density at radius 2 is 2.67 bits per heavy atom. The maximum Gasteiger partial charge on any atom is 0.235 e. The summed E-state index contributed by atoms with van der Waals surface area (Å²) >= 11 is 0. The van der Waals surface area contributed by atoms with Gasteiger partial charge in [-0.3, -0.25) is 0 Å². The van der Waals surface area contributed by atoms with Gasteiger partial charge >= 0.3 is 0 Å². The number of piperidine rings is 1. The second-order valence-corrected chi connectivity index (χ2v) is 2.84. The van der Waals surface area contributed by atoms with Gasteiger partial charge in [-0.2, -0.15) is 4.99 Å². The van der Waals surface area contributed by atoms with Crippen molar-refractivity contribution in [2.75, 3.05) is 13.1 Å². The van der Waals surface area contributed by atoms with Gasteiger partial charge in [0.25, 0.3) is 0 Å². The van der Waals surface area contributed by atoms with Gasteiger partial charge in [0.1, 0.15) is 0 Å². The molecular formula is C6H8N2O. The summed E-state index contributed by atoms with van der Waals surface area (Å²) in [7, 11) is 0. The fraction of sp³-hybridized carbons (Fsp3) is 0.833. The van der Waals surface area contributed by atoms with Crippen LogP contribution in [0.25, 0.3) is 0 Å². The zero-order valence-corrected chi connectivity index (χ0v) is 5.05. The van der Waals surface area contributed by atoms with E-state index in [4.69, 9.17) is 0 Å². The molecule has 2 aliphatic rings. The Kier molecular flexibility index (Phi) is 0.821.